The van der Waals surface area contributed by atoms with Crippen LogP contribution in [0.4, 0.5) is 0 Å². The number of allylic oxidation sites excluding steroid dienone is 1. The molecule has 1 heterocycles. The Hall–Kier alpha value is -1.73. The summed E-state index contributed by atoms with van der Waals surface area (Å²) in [5.74, 6) is 0.709. The van der Waals surface area contributed by atoms with E-state index in [1.165, 1.54) is 11.8 Å². The highest BCUT2D eigenvalue weighted by Crippen LogP contribution is 2.35. The summed E-state index contributed by atoms with van der Waals surface area (Å²) in [6.45, 7) is 2.00. The summed E-state index contributed by atoms with van der Waals surface area (Å²) in [4.78, 5) is 11.7. The van der Waals surface area contributed by atoms with Crippen LogP contribution in [-0.2, 0) is 4.79 Å². The van der Waals surface area contributed by atoms with Crippen LogP contribution in [0.15, 0.2) is 40.9 Å². The van der Waals surface area contributed by atoms with Crippen molar-refractivity contribution in [1.29, 1.82) is 5.26 Å². The van der Waals surface area contributed by atoms with E-state index in [0.29, 0.717) is 17.0 Å². The van der Waals surface area contributed by atoms with Crippen molar-refractivity contribution in [1.82, 2.24) is 5.32 Å². The molecule has 0 saturated heterocycles. The second-order valence-electron chi connectivity index (χ2n) is 4.00. The number of nitrogens with one attached hydrogen (secondary N) is 1. The molecular weight excluding hydrogens is 244 g/mol. The maximum absolute atomic E-state index is 11.7. The predicted octanol–water partition coefficient (Wildman–Crippen LogP) is 2.78. The molecule has 3 nitrogen and oxygen atoms in total. The number of hydrogen-bond acceptors (Lipinski definition) is 3. The van der Waals surface area contributed by atoms with Crippen LogP contribution < -0.4 is 5.32 Å². The molecular formula is C14H14N2OS. The first-order valence-corrected chi connectivity index (χ1v) is 6.86. The summed E-state index contributed by atoms with van der Waals surface area (Å²) in [5.41, 5.74) is 1.70. The second-order valence-corrected chi connectivity index (χ2v) is 5.28. The average molecular weight is 258 g/mol. The highest BCUT2D eigenvalue weighted by atomic mass is 32.2. The summed E-state index contributed by atoms with van der Waals surface area (Å²) in [6.07, 6.45) is 0.348. The molecule has 4 heteroatoms. The minimum absolute atomic E-state index is 0.0150. The van der Waals surface area contributed by atoms with E-state index in [1.807, 2.05) is 37.3 Å². The molecule has 1 aromatic rings. The van der Waals surface area contributed by atoms with Gasteiger partial charge in [-0.1, -0.05) is 37.3 Å². The molecule has 1 aromatic carbocycles. The van der Waals surface area contributed by atoms with Crippen LogP contribution in [0.3, 0.4) is 0 Å². The Morgan fingerprint density at radius 2 is 2.17 bits per heavy atom. The van der Waals surface area contributed by atoms with Crippen molar-refractivity contribution < 1.29 is 4.79 Å². The van der Waals surface area contributed by atoms with Crippen LogP contribution in [0.1, 0.15) is 24.8 Å². The van der Waals surface area contributed by atoms with Gasteiger partial charge in [-0.25, -0.2) is 0 Å². The maximum Gasteiger partial charge on any atom is 0.225 e. The zero-order valence-electron chi connectivity index (χ0n) is 10.1. The molecule has 2 rings (SSSR count). The van der Waals surface area contributed by atoms with Gasteiger partial charge in [-0.2, -0.15) is 5.26 Å². The number of benzene rings is 1. The largest absolute Gasteiger partial charge is 0.320 e. The molecule has 18 heavy (non-hydrogen) atoms. The van der Waals surface area contributed by atoms with Gasteiger partial charge in [0.1, 0.15) is 0 Å². The average Bonchev–Trinajstić information content (AvgIpc) is 2.39. The Bertz CT molecular complexity index is 516. The summed E-state index contributed by atoms with van der Waals surface area (Å²) < 4.78 is 0. The first-order chi connectivity index (χ1) is 8.76. The third-order valence-electron chi connectivity index (χ3n) is 2.85. The number of amides is 1. The number of nitriles is 1. The SMILES string of the molecule is CCSC1=C(C#N)C(c2ccccc2)CC(=O)N1. The van der Waals surface area contributed by atoms with Gasteiger partial charge in [-0.3, -0.25) is 4.79 Å². The Labute approximate surface area is 111 Å². The summed E-state index contributed by atoms with van der Waals surface area (Å²) in [6, 6.07) is 12.0. The van der Waals surface area contributed by atoms with Gasteiger partial charge in [0.05, 0.1) is 16.7 Å². The Morgan fingerprint density at radius 3 is 2.78 bits per heavy atom. The zero-order chi connectivity index (χ0) is 13.0. The van der Waals surface area contributed by atoms with E-state index in [9.17, 15) is 10.1 Å². The number of hydrogen-bond donors (Lipinski definition) is 1. The molecule has 0 spiro atoms. The zero-order valence-corrected chi connectivity index (χ0v) is 11.0. The van der Waals surface area contributed by atoms with Crippen LogP contribution in [-0.4, -0.2) is 11.7 Å². The fourth-order valence-electron chi connectivity index (χ4n) is 2.05. The smallest absolute Gasteiger partial charge is 0.225 e. The van der Waals surface area contributed by atoms with Crippen molar-refractivity contribution in [2.75, 3.05) is 5.75 Å². The lowest BCUT2D eigenvalue weighted by Gasteiger charge is -2.24. The minimum atomic E-state index is -0.112. The van der Waals surface area contributed by atoms with Crippen LogP contribution >= 0.6 is 11.8 Å². The molecule has 1 N–H and O–H groups in total. The van der Waals surface area contributed by atoms with Crippen molar-refractivity contribution in [3.63, 3.8) is 0 Å². The van der Waals surface area contributed by atoms with E-state index in [1.54, 1.807) is 0 Å². The molecule has 92 valence electrons. The molecule has 0 fully saturated rings. The normalized spacial score (nSPS) is 19.3. The number of thioether (sulfide) groups is 1. The molecule has 1 amide bonds. The van der Waals surface area contributed by atoms with Crippen LogP contribution in [0.2, 0.25) is 0 Å². The van der Waals surface area contributed by atoms with Crippen molar-refractivity contribution in [3.05, 3.63) is 46.5 Å². The Balaban J connectivity index is 2.42. The van der Waals surface area contributed by atoms with Gasteiger partial charge in [-0.05, 0) is 11.3 Å². The lowest BCUT2D eigenvalue weighted by Crippen LogP contribution is -2.30. The fourth-order valence-corrected chi connectivity index (χ4v) is 2.87. The molecule has 0 aliphatic carbocycles. The van der Waals surface area contributed by atoms with E-state index in [2.05, 4.69) is 11.4 Å². The van der Waals surface area contributed by atoms with Crippen molar-refractivity contribution in [3.8, 4) is 6.07 Å². The summed E-state index contributed by atoms with van der Waals surface area (Å²) in [7, 11) is 0. The quantitative estimate of drug-likeness (QED) is 0.907. The van der Waals surface area contributed by atoms with Gasteiger partial charge in [0.15, 0.2) is 0 Å². The maximum atomic E-state index is 11.7. The number of rotatable bonds is 3. The fraction of sp³-hybridized carbons (Fsp3) is 0.286. The molecule has 0 saturated carbocycles. The third-order valence-corrected chi connectivity index (χ3v) is 3.75. The van der Waals surface area contributed by atoms with Gasteiger partial charge < -0.3 is 5.32 Å². The van der Waals surface area contributed by atoms with Crippen LogP contribution in [0.25, 0.3) is 0 Å². The molecule has 0 radical (unpaired) electrons. The van der Waals surface area contributed by atoms with Gasteiger partial charge >= 0.3 is 0 Å². The van der Waals surface area contributed by atoms with Gasteiger partial charge in [-0.15, -0.1) is 11.8 Å². The van der Waals surface area contributed by atoms with E-state index >= 15 is 0 Å². The lowest BCUT2D eigenvalue weighted by molar-refractivity contribution is -0.120. The first-order valence-electron chi connectivity index (χ1n) is 5.88. The predicted molar refractivity (Wildman–Crippen MR) is 72.7 cm³/mol. The van der Waals surface area contributed by atoms with Gasteiger partial charge in [0, 0.05) is 12.3 Å². The third kappa shape index (κ3) is 2.57. The van der Waals surface area contributed by atoms with E-state index < -0.39 is 0 Å². The van der Waals surface area contributed by atoms with Crippen molar-refractivity contribution in [2.24, 2.45) is 0 Å². The highest BCUT2D eigenvalue weighted by Gasteiger charge is 2.28. The number of carbonyl (C=O) groups is 1. The molecule has 0 aromatic heterocycles. The van der Waals surface area contributed by atoms with Crippen molar-refractivity contribution >= 4 is 17.7 Å². The van der Waals surface area contributed by atoms with E-state index in [0.717, 1.165) is 11.3 Å². The van der Waals surface area contributed by atoms with Crippen LogP contribution in [0.5, 0.6) is 0 Å². The van der Waals surface area contributed by atoms with Gasteiger partial charge in [0.25, 0.3) is 0 Å². The topological polar surface area (TPSA) is 52.9 Å². The van der Waals surface area contributed by atoms with E-state index in [-0.39, 0.29) is 11.8 Å². The van der Waals surface area contributed by atoms with Gasteiger partial charge in [0.2, 0.25) is 5.91 Å². The summed E-state index contributed by atoms with van der Waals surface area (Å²) >= 11 is 1.51. The first kappa shape index (κ1) is 12.7. The Kier molecular flexibility index (Phi) is 4.06. The van der Waals surface area contributed by atoms with Crippen molar-refractivity contribution in [2.45, 2.75) is 19.3 Å². The lowest BCUT2D eigenvalue weighted by atomic mass is 9.87. The van der Waals surface area contributed by atoms with Crippen LogP contribution in [0, 0.1) is 11.3 Å². The second kappa shape index (κ2) is 5.74. The molecule has 1 unspecified atom stereocenters. The van der Waals surface area contributed by atoms with E-state index in [4.69, 9.17) is 0 Å². The molecule has 0 bridgehead atoms. The number of carbonyl (C=O) groups excluding carboxylic acids is 1. The summed E-state index contributed by atoms with van der Waals surface area (Å²) in [5, 5.41) is 12.8. The standard InChI is InChI=1S/C14H14N2OS/c1-2-18-14-12(9-15)11(8-13(17)16-14)10-6-4-3-5-7-10/h3-7,11H,2,8H2,1H3,(H,16,17). The molecule has 1 aliphatic rings. The minimum Gasteiger partial charge on any atom is -0.320 e. The monoisotopic (exact) mass is 258 g/mol. The number of nitrogens with zero attached hydrogens (tertiary/aromatic N) is 1. The molecule has 1 atom stereocenters. The molecule has 1 aliphatic heterocycles. The highest BCUT2D eigenvalue weighted by molar-refractivity contribution is 8.03. The Morgan fingerprint density at radius 1 is 1.44 bits per heavy atom.